The second-order valence-corrected chi connectivity index (χ2v) is 10.8. The zero-order valence-electron chi connectivity index (χ0n) is 19.0. The Kier molecular flexibility index (Phi) is 9.74. The molecule has 2 aliphatic heterocycles. The molecule has 7 nitrogen and oxygen atoms in total. The summed E-state index contributed by atoms with van der Waals surface area (Å²) in [6.45, 7) is 7.97. The van der Waals surface area contributed by atoms with Gasteiger partial charge in [0, 0.05) is 13.0 Å². The number of aliphatic hydroxyl groups is 2. The number of hydrogen-bond donors (Lipinski definition) is 3. The summed E-state index contributed by atoms with van der Waals surface area (Å²) in [5.74, 6) is -0.941. The van der Waals surface area contributed by atoms with Crippen molar-refractivity contribution in [2.45, 2.75) is 100 Å². The van der Waals surface area contributed by atoms with Crippen LogP contribution in [0.3, 0.4) is 0 Å². The van der Waals surface area contributed by atoms with Crippen LogP contribution in [-0.4, -0.2) is 87.9 Å². The molecule has 8 unspecified atom stereocenters. The molecule has 0 spiro atoms. The third-order valence-corrected chi connectivity index (χ3v) is 7.07. The molecular formula is C21H39ClN2O5S. The molecular weight excluding hydrogens is 428 g/mol. The van der Waals surface area contributed by atoms with Crippen molar-refractivity contribution < 1.29 is 24.5 Å². The normalized spacial score (nSPS) is 35.2. The first-order valence-electron chi connectivity index (χ1n) is 10.9. The Bertz CT molecular complexity index is 562. The van der Waals surface area contributed by atoms with Gasteiger partial charge in [0.15, 0.2) is 5.79 Å². The van der Waals surface area contributed by atoms with E-state index in [0.29, 0.717) is 5.92 Å². The number of carbonyl (C=O) groups excluding carboxylic acids is 1. The maximum absolute atomic E-state index is 13.2. The highest BCUT2D eigenvalue weighted by Gasteiger charge is 2.46. The summed E-state index contributed by atoms with van der Waals surface area (Å²) in [7, 11) is 1.98. The average Bonchev–Trinajstić information content (AvgIpc) is 2.99. The predicted octanol–water partition coefficient (Wildman–Crippen LogP) is 2.17. The summed E-state index contributed by atoms with van der Waals surface area (Å²) >= 11 is 7.91. The van der Waals surface area contributed by atoms with Gasteiger partial charge in [-0.05, 0) is 52.8 Å². The molecule has 0 saturated carbocycles. The second kappa shape index (κ2) is 11.2. The van der Waals surface area contributed by atoms with Gasteiger partial charge in [-0.2, -0.15) is 0 Å². The molecule has 8 atom stereocenters. The van der Waals surface area contributed by atoms with Gasteiger partial charge >= 0.3 is 0 Å². The number of rotatable bonds is 9. The number of likely N-dealkylation sites (N-methyl/N-ethyl adjacent to an activating group) is 1. The van der Waals surface area contributed by atoms with Crippen molar-refractivity contribution in [2.24, 2.45) is 5.92 Å². The zero-order valence-corrected chi connectivity index (χ0v) is 20.6. The number of alkyl halides is 1. The van der Waals surface area contributed by atoms with Gasteiger partial charge in [-0.3, -0.25) is 9.69 Å². The first-order chi connectivity index (χ1) is 14.0. The fourth-order valence-corrected chi connectivity index (χ4v) is 5.45. The van der Waals surface area contributed by atoms with Gasteiger partial charge in [-0.15, -0.1) is 23.4 Å². The van der Waals surface area contributed by atoms with E-state index in [1.54, 1.807) is 0 Å². The van der Waals surface area contributed by atoms with E-state index in [-0.39, 0.29) is 18.4 Å². The Hall–Kier alpha value is -0.0900. The van der Waals surface area contributed by atoms with Crippen molar-refractivity contribution in [3.05, 3.63) is 0 Å². The van der Waals surface area contributed by atoms with Crippen LogP contribution in [0.2, 0.25) is 0 Å². The van der Waals surface area contributed by atoms with E-state index in [1.807, 2.05) is 20.2 Å². The summed E-state index contributed by atoms with van der Waals surface area (Å²) in [5.41, 5.74) is -0.449. The standard InChI is InChI=1S/C21H39ClN2O5S/c1-7-8-13-9-14(24(5)11-13)19(26)23-17(12(2)22)18-16(29-21(3,4)27)10-15(25)20(28-18)30-6/h12-18,20,25,27H,7-11H2,1-6H3,(H,23,26). The van der Waals surface area contributed by atoms with Crippen LogP contribution in [0.15, 0.2) is 0 Å². The first kappa shape index (κ1) is 26.2. The van der Waals surface area contributed by atoms with Gasteiger partial charge in [0.25, 0.3) is 0 Å². The highest BCUT2D eigenvalue weighted by atomic mass is 35.5. The Morgan fingerprint density at radius 3 is 2.63 bits per heavy atom. The van der Waals surface area contributed by atoms with E-state index in [4.69, 9.17) is 21.1 Å². The molecule has 2 saturated heterocycles. The van der Waals surface area contributed by atoms with E-state index < -0.39 is 41.0 Å². The van der Waals surface area contributed by atoms with Crippen molar-refractivity contribution in [1.82, 2.24) is 10.2 Å². The van der Waals surface area contributed by atoms with Gasteiger partial charge in [0.05, 0.1) is 29.7 Å². The highest BCUT2D eigenvalue weighted by Crippen LogP contribution is 2.33. The molecule has 2 heterocycles. The van der Waals surface area contributed by atoms with E-state index in [2.05, 4.69) is 17.1 Å². The lowest BCUT2D eigenvalue weighted by atomic mass is 9.94. The number of ether oxygens (including phenoxy) is 2. The summed E-state index contributed by atoms with van der Waals surface area (Å²) in [5, 5.41) is 23.3. The molecule has 176 valence electrons. The van der Waals surface area contributed by atoms with E-state index in [0.717, 1.165) is 25.8 Å². The van der Waals surface area contributed by atoms with Gasteiger partial charge in [0.2, 0.25) is 5.91 Å². The van der Waals surface area contributed by atoms with Crippen LogP contribution >= 0.6 is 23.4 Å². The Morgan fingerprint density at radius 1 is 1.43 bits per heavy atom. The number of nitrogens with one attached hydrogen (secondary N) is 1. The van der Waals surface area contributed by atoms with Crippen LogP contribution in [0.4, 0.5) is 0 Å². The number of aliphatic hydroxyl groups excluding tert-OH is 1. The molecule has 30 heavy (non-hydrogen) atoms. The van der Waals surface area contributed by atoms with Crippen molar-refractivity contribution >= 4 is 29.3 Å². The van der Waals surface area contributed by atoms with Crippen LogP contribution in [0.5, 0.6) is 0 Å². The van der Waals surface area contributed by atoms with Crippen LogP contribution in [0, 0.1) is 5.92 Å². The second-order valence-electron chi connectivity index (χ2n) is 9.17. The number of halogens is 1. The fraction of sp³-hybridized carbons (Fsp3) is 0.952. The number of hydrogen-bond acceptors (Lipinski definition) is 7. The lowest BCUT2D eigenvalue weighted by molar-refractivity contribution is -0.259. The predicted molar refractivity (Wildman–Crippen MR) is 121 cm³/mol. The minimum absolute atomic E-state index is 0.0639. The topological polar surface area (TPSA) is 91.3 Å². The summed E-state index contributed by atoms with van der Waals surface area (Å²) in [6, 6.07) is -0.717. The number of carbonyl (C=O) groups is 1. The number of nitrogens with zero attached hydrogens (tertiary/aromatic N) is 1. The van der Waals surface area contributed by atoms with E-state index in [9.17, 15) is 15.0 Å². The highest BCUT2D eigenvalue weighted by molar-refractivity contribution is 7.99. The Labute approximate surface area is 190 Å². The lowest BCUT2D eigenvalue weighted by Gasteiger charge is -2.44. The molecule has 2 aliphatic rings. The van der Waals surface area contributed by atoms with E-state index in [1.165, 1.54) is 25.6 Å². The van der Waals surface area contributed by atoms with Gasteiger partial charge in [-0.1, -0.05) is 13.3 Å². The quantitative estimate of drug-likeness (QED) is 0.354. The molecule has 0 aliphatic carbocycles. The zero-order chi connectivity index (χ0) is 22.6. The maximum atomic E-state index is 13.2. The fourth-order valence-electron chi connectivity index (χ4n) is 4.58. The molecule has 0 bridgehead atoms. The number of thioether (sulfide) groups is 1. The lowest BCUT2D eigenvalue weighted by Crippen LogP contribution is -2.61. The Balaban J connectivity index is 2.17. The van der Waals surface area contributed by atoms with Crippen LogP contribution in [0.25, 0.3) is 0 Å². The third-order valence-electron chi connectivity index (χ3n) is 5.91. The molecule has 1 amide bonds. The molecule has 0 radical (unpaired) electrons. The van der Waals surface area contributed by atoms with Crippen LogP contribution < -0.4 is 5.32 Å². The summed E-state index contributed by atoms with van der Waals surface area (Å²) in [6.07, 6.45) is 3.28. The third kappa shape index (κ3) is 6.95. The number of likely N-dealkylation sites (tertiary alicyclic amines) is 1. The average molecular weight is 467 g/mol. The van der Waals surface area contributed by atoms with Crippen LogP contribution in [-0.2, 0) is 14.3 Å². The monoisotopic (exact) mass is 466 g/mol. The van der Waals surface area contributed by atoms with Gasteiger partial charge < -0.3 is 25.0 Å². The molecule has 3 N–H and O–H groups in total. The summed E-state index contributed by atoms with van der Waals surface area (Å²) < 4.78 is 11.9. The first-order valence-corrected chi connectivity index (χ1v) is 12.6. The van der Waals surface area contributed by atoms with Crippen molar-refractivity contribution in [3.63, 3.8) is 0 Å². The van der Waals surface area contributed by atoms with E-state index >= 15 is 0 Å². The molecule has 0 aromatic heterocycles. The minimum atomic E-state index is -1.40. The van der Waals surface area contributed by atoms with Crippen molar-refractivity contribution in [3.8, 4) is 0 Å². The van der Waals surface area contributed by atoms with Gasteiger partial charge in [-0.25, -0.2) is 0 Å². The molecule has 2 fully saturated rings. The van der Waals surface area contributed by atoms with Crippen molar-refractivity contribution in [1.29, 1.82) is 0 Å². The Morgan fingerprint density at radius 2 is 2.10 bits per heavy atom. The largest absolute Gasteiger partial charge is 0.389 e. The van der Waals surface area contributed by atoms with Crippen LogP contribution in [0.1, 0.15) is 53.4 Å². The van der Waals surface area contributed by atoms with Gasteiger partial charge in [0.1, 0.15) is 11.5 Å². The molecule has 2 rings (SSSR count). The maximum Gasteiger partial charge on any atom is 0.237 e. The minimum Gasteiger partial charge on any atom is -0.389 e. The molecule has 0 aromatic rings. The van der Waals surface area contributed by atoms with Crippen molar-refractivity contribution in [2.75, 3.05) is 19.8 Å². The molecule has 0 aromatic carbocycles. The number of amides is 1. The SMILES string of the molecule is CCCC1CC(C(=O)NC(C(C)Cl)C2OC(SC)C(O)CC2OC(C)(C)O)N(C)C1. The smallest absolute Gasteiger partial charge is 0.237 e. The summed E-state index contributed by atoms with van der Waals surface area (Å²) in [4.78, 5) is 15.3. The molecule has 9 heteroatoms.